The summed E-state index contributed by atoms with van der Waals surface area (Å²) in [5, 5.41) is 0. The van der Waals surface area contributed by atoms with Crippen LogP contribution in [0.5, 0.6) is 0 Å². The minimum Gasteiger partial charge on any atom is -0.211 e. The average Bonchev–Trinajstić information content (AvgIpc) is 2.52. The lowest BCUT2D eigenvalue weighted by Gasteiger charge is -2.17. The summed E-state index contributed by atoms with van der Waals surface area (Å²) < 4.78 is 0. The number of benzene rings is 2. The van der Waals surface area contributed by atoms with Crippen molar-refractivity contribution in [3.8, 4) is 0 Å². The fourth-order valence-corrected chi connectivity index (χ4v) is 2.40. The van der Waals surface area contributed by atoms with Crippen LogP contribution in [0.3, 0.4) is 0 Å². The maximum atomic E-state index is 10.5. The van der Waals surface area contributed by atoms with E-state index in [-0.39, 0.29) is 5.92 Å². The molecule has 0 aliphatic heterocycles. The van der Waals surface area contributed by atoms with E-state index >= 15 is 0 Å². The van der Waals surface area contributed by atoms with Gasteiger partial charge in [-0.15, -0.1) is 0 Å². The highest BCUT2D eigenvalue weighted by atomic mass is 16.1. The quantitative estimate of drug-likeness (QED) is 0.609. The molecule has 0 aliphatic carbocycles. The molecule has 2 aromatic carbocycles. The van der Waals surface area contributed by atoms with Crippen molar-refractivity contribution in [3.63, 3.8) is 0 Å². The fourth-order valence-electron chi connectivity index (χ4n) is 2.40. The Labute approximate surface area is 122 Å². The second-order valence-corrected chi connectivity index (χ2v) is 4.52. The summed E-state index contributed by atoms with van der Waals surface area (Å²) >= 11 is 0. The molecular formula is C17H14N2O2. The van der Waals surface area contributed by atoms with Crippen LogP contribution in [0.25, 0.3) is 0 Å². The summed E-state index contributed by atoms with van der Waals surface area (Å²) in [7, 11) is 0. The zero-order valence-corrected chi connectivity index (χ0v) is 11.6. The zero-order chi connectivity index (χ0) is 15.1. The van der Waals surface area contributed by atoms with Gasteiger partial charge in [0.15, 0.2) is 0 Å². The molecule has 0 bridgehead atoms. The number of hydrogen-bond acceptors (Lipinski definition) is 4. The molecule has 1 unspecified atom stereocenters. The molecule has 0 saturated carbocycles. The lowest BCUT2D eigenvalue weighted by Crippen LogP contribution is -1.99. The maximum absolute atomic E-state index is 10.5. The summed E-state index contributed by atoms with van der Waals surface area (Å²) in [5.74, 6) is 0.118. The topological polar surface area (TPSA) is 58.9 Å². The smallest absolute Gasteiger partial charge is 0.211 e. The van der Waals surface area contributed by atoms with Gasteiger partial charge in [0.25, 0.3) is 0 Å². The van der Waals surface area contributed by atoms with Gasteiger partial charge < -0.3 is 0 Å². The van der Waals surface area contributed by atoms with Crippen LogP contribution in [0.4, 0.5) is 11.4 Å². The molecular weight excluding hydrogens is 264 g/mol. The Balaban J connectivity index is 2.44. The van der Waals surface area contributed by atoms with E-state index in [9.17, 15) is 9.59 Å². The predicted molar refractivity (Wildman–Crippen MR) is 80.6 cm³/mol. The van der Waals surface area contributed by atoms with Crippen molar-refractivity contribution >= 4 is 23.5 Å². The van der Waals surface area contributed by atoms with E-state index in [0.29, 0.717) is 11.4 Å². The van der Waals surface area contributed by atoms with Gasteiger partial charge in [-0.05, 0) is 35.7 Å². The number of rotatable bonds is 5. The molecule has 0 spiro atoms. The zero-order valence-electron chi connectivity index (χ0n) is 11.6. The summed E-state index contributed by atoms with van der Waals surface area (Å²) in [6, 6.07) is 14.9. The van der Waals surface area contributed by atoms with Gasteiger partial charge in [-0.25, -0.2) is 9.59 Å². The first-order chi connectivity index (χ1) is 10.3. The Bertz CT molecular complexity index is 710. The van der Waals surface area contributed by atoms with Crippen molar-refractivity contribution in [1.82, 2.24) is 0 Å². The number of carbonyl (C=O) groups excluding carboxylic acids is 2. The summed E-state index contributed by atoms with van der Waals surface area (Å²) in [6.45, 7) is 2.07. The van der Waals surface area contributed by atoms with Crippen LogP contribution in [0.15, 0.2) is 58.5 Å². The third-order valence-corrected chi connectivity index (χ3v) is 3.36. The van der Waals surface area contributed by atoms with Crippen LogP contribution in [0, 0.1) is 0 Å². The SMILES string of the molecule is CCC(c1ccc(N=C=O)cc1)c1ccccc1N=C=O. The molecule has 0 heterocycles. The molecule has 0 saturated heterocycles. The van der Waals surface area contributed by atoms with Gasteiger partial charge in [0, 0.05) is 5.92 Å². The van der Waals surface area contributed by atoms with E-state index in [4.69, 9.17) is 0 Å². The minimum atomic E-state index is 0.118. The Morgan fingerprint density at radius 1 is 0.952 bits per heavy atom. The van der Waals surface area contributed by atoms with Crippen LogP contribution in [0.1, 0.15) is 30.4 Å². The number of hydrogen-bond donors (Lipinski definition) is 0. The predicted octanol–water partition coefficient (Wildman–Crippen LogP) is 4.16. The second kappa shape index (κ2) is 7.11. The Morgan fingerprint density at radius 3 is 2.24 bits per heavy atom. The van der Waals surface area contributed by atoms with Gasteiger partial charge in [-0.2, -0.15) is 9.98 Å². The van der Waals surface area contributed by atoms with Crippen LogP contribution in [-0.2, 0) is 9.59 Å². The monoisotopic (exact) mass is 278 g/mol. The normalized spacial score (nSPS) is 11.1. The van der Waals surface area contributed by atoms with Gasteiger partial charge in [0.1, 0.15) is 0 Å². The van der Waals surface area contributed by atoms with Crippen molar-refractivity contribution in [3.05, 3.63) is 59.7 Å². The molecule has 0 aromatic heterocycles. The minimum absolute atomic E-state index is 0.118. The molecule has 4 nitrogen and oxygen atoms in total. The first-order valence-corrected chi connectivity index (χ1v) is 6.64. The van der Waals surface area contributed by atoms with Crippen molar-refractivity contribution < 1.29 is 9.59 Å². The molecule has 0 N–H and O–H groups in total. The molecule has 0 radical (unpaired) electrons. The van der Waals surface area contributed by atoms with E-state index in [1.165, 1.54) is 6.08 Å². The molecule has 1 atom stereocenters. The second-order valence-electron chi connectivity index (χ2n) is 4.52. The fraction of sp³-hybridized carbons (Fsp3) is 0.176. The standard InChI is InChI=1S/C17H14N2O2/c1-2-15(13-7-9-14(10-8-13)18-11-20)16-5-3-4-6-17(16)19-12-21/h3-10,15H,2H2,1H3. The van der Waals surface area contributed by atoms with Crippen LogP contribution in [-0.4, -0.2) is 12.2 Å². The van der Waals surface area contributed by atoms with Gasteiger partial charge in [0.2, 0.25) is 12.2 Å². The maximum Gasteiger partial charge on any atom is 0.240 e. The molecule has 104 valence electrons. The Hall–Kier alpha value is -2.80. The third-order valence-electron chi connectivity index (χ3n) is 3.36. The number of aliphatic imine (C=N–C) groups is 2. The molecule has 21 heavy (non-hydrogen) atoms. The lowest BCUT2D eigenvalue weighted by atomic mass is 9.88. The Kier molecular flexibility index (Phi) is 4.94. The molecule has 0 aliphatic rings. The number of para-hydroxylation sites is 1. The van der Waals surface area contributed by atoms with Gasteiger partial charge >= 0.3 is 0 Å². The van der Waals surface area contributed by atoms with Gasteiger partial charge in [-0.3, -0.25) is 0 Å². The summed E-state index contributed by atoms with van der Waals surface area (Å²) in [5.41, 5.74) is 3.27. The average molecular weight is 278 g/mol. The van der Waals surface area contributed by atoms with Crippen molar-refractivity contribution in [2.24, 2.45) is 9.98 Å². The first-order valence-electron chi connectivity index (χ1n) is 6.64. The van der Waals surface area contributed by atoms with E-state index in [1.54, 1.807) is 24.3 Å². The summed E-state index contributed by atoms with van der Waals surface area (Å²) in [6.07, 6.45) is 3.98. The molecule has 0 fully saturated rings. The third kappa shape index (κ3) is 3.40. The highest BCUT2D eigenvalue weighted by Crippen LogP contribution is 2.34. The van der Waals surface area contributed by atoms with Crippen molar-refractivity contribution in [2.45, 2.75) is 19.3 Å². The van der Waals surface area contributed by atoms with Gasteiger partial charge in [0.05, 0.1) is 11.4 Å². The van der Waals surface area contributed by atoms with Crippen molar-refractivity contribution in [1.29, 1.82) is 0 Å². The first kappa shape index (κ1) is 14.6. The van der Waals surface area contributed by atoms with Crippen LogP contribution < -0.4 is 0 Å². The summed E-state index contributed by atoms with van der Waals surface area (Å²) in [4.78, 5) is 28.1. The molecule has 4 heteroatoms. The largest absolute Gasteiger partial charge is 0.240 e. The van der Waals surface area contributed by atoms with Crippen LogP contribution >= 0.6 is 0 Å². The van der Waals surface area contributed by atoms with Crippen molar-refractivity contribution in [2.75, 3.05) is 0 Å². The highest BCUT2D eigenvalue weighted by molar-refractivity contribution is 5.57. The molecule has 2 aromatic rings. The van der Waals surface area contributed by atoms with E-state index in [2.05, 4.69) is 16.9 Å². The van der Waals surface area contributed by atoms with E-state index in [0.717, 1.165) is 17.5 Å². The molecule has 2 rings (SSSR count). The molecule has 0 amide bonds. The van der Waals surface area contributed by atoms with E-state index < -0.39 is 0 Å². The van der Waals surface area contributed by atoms with Crippen LogP contribution in [0.2, 0.25) is 0 Å². The number of nitrogens with zero attached hydrogens (tertiary/aromatic N) is 2. The van der Waals surface area contributed by atoms with Gasteiger partial charge in [-0.1, -0.05) is 37.3 Å². The Morgan fingerprint density at radius 2 is 1.62 bits per heavy atom. The van der Waals surface area contributed by atoms with E-state index in [1.807, 2.05) is 30.3 Å². The highest BCUT2D eigenvalue weighted by Gasteiger charge is 2.15. The number of isocyanates is 2. The lowest BCUT2D eigenvalue weighted by molar-refractivity contribution is 0.564.